The van der Waals surface area contributed by atoms with Crippen LogP contribution >= 0.6 is 0 Å². The van der Waals surface area contributed by atoms with E-state index in [4.69, 9.17) is 0 Å². The molecule has 1 aromatic heterocycles. The van der Waals surface area contributed by atoms with Gasteiger partial charge >= 0.3 is 0 Å². The standard InChI is InChI=1S/C16H26N4/c1-19-9-3-4-15(19)12-20(2)16-7-8-17-10-13(16)11-18-14-5-6-14/h7-8,10,14-15,18H,3-6,9,11-12H2,1-2H3. The topological polar surface area (TPSA) is 31.4 Å². The normalized spacial score (nSPS) is 23.2. The quantitative estimate of drug-likeness (QED) is 0.858. The predicted octanol–water partition coefficient (Wildman–Crippen LogP) is 1.86. The van der Waals surface area contributed by atoms with Crippen LogP contribution in [0.4, 0.5) is 5.69 Å². The molecule has 110 valence electrons. The van der Waals surface area contributed by atoms with Crippen molar-refractivity contribution < 1.29 is 0 Å². The maximum atomic E-state index is 4.30. The van der Waals surface area contributed by atoms with Crippen molar-refractivity contribution in [3.8, 4) is 0 Å². The molecule has 0 aromatic carbocycles. The summed E-state index contributed by atoms with van der Waals surface area (Å²) >= 11 is 0. The number of nitrogens with one attached hydrogen (secondary N) is 1. The first-order valence-corrected chi connectivity index (χ1v) is 7.81. The summed E-state index contributed by atoms with van der Waals surface area (Å²) < 4.78 is 0. The largest absolute Gasteiger partial charge is 0.373 e. The molecule has 4 heteroatoms. The van der Waals surface area contributed by atoms with Crippen LogP contribution in [0.2, 0.25) is 0 Å². The lowest BCUT2D eigenvalue weighted by Crippen LogP contribution is -2.37. The average Bonchev–Trinajstić information content (AvgIpc) is 3.21. The molecule has 20 heavy (non-hydrogen) atoms. The van der Waals surface area contributed by atoms with E-state index in [0.717, 1.165) is 19.1 Å². The number of rotatable bonds is 6. The van der Waals surface area contributed by atoms with E-state index in [1.54, 1.807) is 0 Å². The highest BCUT2D eigenvalue weighted by Gasteiger charge is 2.24. The Hall–Kier alpha value is -1.13. The zero-order chi connectivity index (χ0) is 13.9. The Morgan fingerprint density at radius 3 is 2.95 bits per heavy atom. The highest BCUT2D eigenvalue weighted by Crippen LogP contribution is 2.24. The third kappa shape index (κ3) is 3.30. The molecule has 1 saturated heterocycles. The Morgan fingerprint density at radius 1 is 1.40 bits per heavy atom. The van der Waals surface area contributed by atoms with E-state index in [2.05, 4.69) is 40.3 Å². The molecule has 0 spiro atoms. The number of nitrogens with zero attached hydrogens (tertiary/aromatic N) is 3. The van der Waals surface area contributed by atoms with Gasteiger partial charge in [0.15, 0.2) is 0 Å². The minimum Gasteiger partial charge on any atom is -0.373 e. The molecule has 2 aliphatic rings. The van der Waals surface area contributed by atoms with Crippen molar-refractivity contribution >= 4 is 5.69 Å². The molecule has 1 aliphatic heterocycles. The SMILES string of the molecule is CN(CC1CCCN1C)c1ccncc1CNC1CC1. The van der Waals surface area contributed by atoms with Gasteiger partial charge in [-0.25, -0.2) is 0 Å². The molecule has 1 aromatic rings. The number of aromatic nitrogens is 1. The van der Waals surface area contributed by atoms with Crippen LogP contribution in [-0.4, -0.2) is 49.2 Å². The molecule has 2 heterocycles. The number of likely N-dealkylation sites (tertiary alicyclic amines) is 1. The summed E-state index contributed by atoms with van der Waals surface area (Å²) in [5.74, 6) is 0. The van der Waals surface area contributed by atoms with Gasteiger partial charge in [-0.1, -0.05) is 0 Å². The maximum Gasteiger partial charge on any atom is 0.0440 e. The predicted molar refractivity (Wildman–Crippen MR) is 83.0 cm³/mol. The molecule has 0 amide bonds. The molecule has 4 nitrogen and oxygen atoms in total. The molecular formula is C16H26N4. The van der Waals surface area contributed by atoms with E-state index in [0.29, 0.717) is 6.04 Å². The molecule has 1 saturated carbocycles. The zero-order valence-electron chi connectivity index (χ0n) is 12.7. The second-order valence-electron chi connectivity index (χ2n) is 6.32. The van der Waals surface area contributed by atoms with Crippen LogP contribution in [0.3, 0.4) is 0 Å². The van der Waals surface area contributed by atoms with Gasteiger partial charge < -0.3 is 15.1 Å². The summed E-state index contributed by atoms with van der Waals surface area (Å²) in [5, 5.41) is 3.59. The van der Waals surface area contributed by atoms with Crippen molar-refractivity contribution in [3.05, 3.63) is 24.0 Å². The molecular weight excluding hydrogens is 248 g/mol. The summed E-state index contributed by atoms with van der Waals surface area (Å²) in [6, 6.07) is 3.59. The van der Waals surface area contributed by atoms with Gasteiger partial charge in [-0.15, -0.1) is 0 Å². The number of hydrogen-bond donors (Lipinski definition) is 1. The fourth-order valence-electron chi connectivity index (χ4n) is 3.09. The highest BCUT2D eigenvalue weighted by molar-refractivity contribution is 5.51. The van der Waals surface area contributed by atoms with Crippen molar-refractivity contribution in [3.63, 3.8) is 0 Å². The molecule has 2 fully saturated rings. The van der Waals surface area contributed by atoms with Gasteiger partial charge in [0, 0.05) is 55.9 Å². The molecule has 1 aliphatic carbocycles. The van der Waals surface area contributed by atoms with E-state index in [9.17, 15) is 0 Å². The molecule has 0 radical (unpaired) electrons. The lowest BCUT2D eigenvalue weighted by atomic mass is 10.1. The zero-order valence-corrected chi connectivity index (χ0v) is 12.7. The Balaban J connectivity index is 1.64. The Morgan fingerprint density at radius 2 is 2.25 bits per heavy atom. The average molecular weight is 274 g/mol. The van der Waals surface area contributed by atoms with Crippen LogP contribution in [0, 0.1) is 0 Å². The maximum absolute atomic E-state index is 4.30. The van der Waals surface area contributed by atoms with Crippen LogP contribution in [0.15, 0.2) is 18.5 Å². The van der Waals surface area contributed by atoms with Crippen molar-refractivity contribution in [2.24, 2.45) is 0 Å². The molecule has 1 N–H and O–H groups in total. The lowest BCUT2D eigenvalue weighted by molar-refractivity contribution is 0.314. The van der Waals surface area contributed by atoms with Gasteiger partial charge in [0.25, 0.3) is 0 Å². The van der Waals surface area contributed by atoms with Crippen molar-refractivity contribution in [1.82, 2.24) is 15.2 Å². The van der Waals surface area contributed by atoms with E-state index in [-0.39, 0.29) is 0 Å². The van der Waals surface area contributed by atoms with Gasteiger partial charge in [-0.05, 0) is 45.3 Å². The first-order chi connectivity index (χ1) is 9.74. The molecule has 3 rings (SSSR count). The number of likely N-dealkylation sites (N-methyl/N-ethyl adjacent to an activating group) is 2. The van der Waals surface area contributed by atoms with Crippen LogP contribution in [-0.2, 0) is 6.54 Å². The van der Waals surface area contributed by atoms with Crippen molar-refractivity contribution in [1.29, 1.82) is 0 Å². The number of anilines is 1. The molecule has 1 atom stereocenters. The van der Waals surface area contributed by atoms with Gasteiger partial charge in [0.05, 0.1) is 0 Å². The number of hydrogen-bond acceptors (Lipinski definition) is 4. The summed E-state index contributed by atoms with van der Waals surface area (Å²) in [6.45, 7) is 3.29. The first kappa shape index (κ1) is 13.8. The smallest absolute Gasteiger partial charge is 0.0440 e. The number of pyridine rings is 1. The van der Waals surface area contributed by atoms with Gasteiger partial charge in [-0.3, -0.25) is 4.98 Å². The third-order valence-electron chi connectivity index (χ3n) is 4.60. The van der Waals surface area contributed by atoms with Gasteiger partial charge in [-0.2, -0.15) is 0 Å². The Bertz CT molecular complexity index is 444. The minimum absolute atomic E-state index is 0.692. The van der Waals surface area contributed by atoms with Crippen molar-refractivity contribution in [2.45, 2.75) is 44.3 Å². The first-order valence-electron chi connectivity index (χ1n) is 7.81. The van der Waals surface area contributed by atoms with E-state index in [1.807, 2.05) is 12.4 Å². The summed E-state index contributed by atoms with van der Waals surface area (Å²) in [7, 11) is 4.45. The summed E-state index contributed by atoms with van der Waals surface area (Å²) in [6.07, 6.45) is 9.24. The monoisotopic (exact) mass is 274 g/mol. The van der Waals surface area contributed by atoms with E-state index < -0.39 is 0 Å². The van der Waals surface area contributed by atoms with Crippen LogP contribution < -0.4 is 10.2 Å². The van der Waals surface area contributed by atoms with E-state index in [1.165, 1.54) is 43.5 Å². The highest BCUT2D eigenvalue weighted by atomic mass is 15.2. The summed E-state index contributed by atoms with van der Waals surface area (Å²) in [4.78, 5) is 9.18. The van der Waals surface area contributed by atoms with Crippen LogP contribution in [0.25, 0.3) is 0 Å². The van der Waals surface area contributed by atoms with Crippen molar-refractivity contribution in [2.75, 3.05) is 32.1 Å². The Labute approximate surface area is 122 Å². The van der Waals surface area contributed by atoms with Gasteiger partial charge in [0.2, 0.25) is 0 Å². The fraction of sp³-hybridized carbons (Fsp3) is 0.688. The molecule has 0 bridgehead atoms. The van der Waals surface area contributed by atoms with Gasteiger partial charge in [0.1, 0.15) is 0 Å². The second-order valence-corrected chi connectivity index (χ2v) is 6.32. The minimum atomic E-state index is 0.692. The molecule has 1 unspecified atom stereocenters. The summed E-state index contributed by atoms with van der Waals surface area (Å²) in [5.41, 5.74) is 2.65. The third-order valence-corrected chi connectivity index (χ3v) is 4.60. The second kappa shape index (κ2) is 6.10. The van der Waals surface area contributed by atoms with Crippen LogP contribution in [0.1, 0.15) is 31.2 Å². The Kier molecular flexibility index (Phi) is 4.22. The van der Waals surface area contributed by atoms with E-state index >= 15 is 0 Å². The lowest BCUT2D eigenvalue weighted by Gasteiger charge is -2.28. The fourth-order valence-corrected chi connectivity index (χ4v) is 3.09. The van der Waals surface area contributed by atoms with Crippen LogP contribution in [0.5, 0.6) is 0 Å².